The average Bonchev–Trinajstić information content (AvgIpc) is 2.13. The minimum atomic E-state index is 0.435. The van der Waals surface area contributed by atoms with Gasteiger partial charge in [-0.25, -0.2) is 0 Å². The SMILES string of the molecule is CCCCC(CC)(CC)NCC. The smallest absolute Gasteiger partial charge is 0.0176 e. The van der Waals surface area contributed by atoms with E-state index in [0.29, 0.717) is 5.54 Å². The topological polar surface area (TPSA) is 12.0 Å². The van der Waals surface area contributed by atoms with Crippen molar-refractivity contribution in [1.29, 1.82) is 0 Å². The Morgan fingerprint density at radius 2 is 1.58 bits per heavy atom. The molecule has 0 heterocycles. The zero-order valence-electron chi connectivity index (χ0n) is 9.24. The summed E-state index contributed by atoms with van der Waals surface area (Å²) in [4.78, 5) is 0. The van der Waals surface area contributed by atoms with Crippen molar-refractivity contribution < 1.29 is 0 Å². The maximum absolute atomic E-state index is 3.63. The molecule has 0 aliphatic heterocycles. The van der Waals surface area contributed by atoms with Gasteiger partial charge in [-0.2, -0.15) is 0 Å². The van der Waals surface area contributed by atoms with Gasteiger partial charge in [-0.3, -0.25) is 0 Å². The van der Waals surface area contributed by atoms with Gasteiger partial charge in [-0.1, -0.05) is 40.5 Å². The van der Waals surface area contributed by atoms with Crippen molar-refractivity contribution in [3.05, 3.63) is 0 Å². The number of rotatable bonds is 7. The molecular formula is C11H25N. The summed E-state index contributed by atoms with van der Waals surface area (Å²) in [6.45, 7) is 10.2. The molecule has 12 heavy (non-hydrogen) atoms. The first-order valence-corrected chi connectivity index (χ1v) is 5.49. The normalized spacial score (nSPS) is 12.0. The van der Waals surface area contributed by atoms with E-state index in [2.05, 4.69) is 33.0 Å². The van der Waals surface area contributed by atoms with Crippen molar-refractivity contribution in [3.63, 3.8) is 0 Å². The van der Waals surface area contributed by atoms with Crippen LogP contribution in [0.5, 0.6) is 0 Å². The lowest BCUT2D eigenvalue weighted by atomic mass is 9.87. The van der Waals surface area contributed by atoms with Gasteiger partial charge in [0.05, 0.1) is 0 Å². The Hall–Kier alpha value is -0.0400. The molecule has 1 N–H and O–H groups in total. The summed E-state index contributed by atoms with van der Waals surface area (Å²) in [5, 5.41) is 3.63. The van der Waals surface area contributed by atoms with Crippen molar-refractivity contribution in [2.75, 3.05) is 6.54 Å². The van der Waals surface area contributed by atoms with Crippen molar-refractivity contribution in [3.8, 4) is 0 Å². The van der Waals surface area contributed by atoms with Crippen LogP contribution in [0.2, 0.25) is 0 Å². The molecule has 0 saturated heterocycles. The Morgan fingerprint density at radius 1 is 1.00 bits per heavy atom. The quantitative estimate of drug-likeness (QED) is 0.619. The first kappa shape index (κ1) is 12.0. The van der Waals surface area contributed by atoms with E-state index in [9.17, 15) is 0 Å². The van der Waals surface area contributed by atoms with Gasteiger partial charge in [0.1, 0.15) is 0 Å². The van der Waals surface area contributed by atoms with Crippen molar-refractivity contribution in [1.82, 2.24) is 5.32 Å². The van der Waals surface area contributed by atoms with Crippen molar-refractivity contribution in [2.24, 2.45) is 0 Å². The van der Waals surface area contributed by atoms with Crippen LogP contribution in [-0.2, 0) is 0 Å². The Kier molecular flexibility index (Phi) is 6.45. The van der Waals surface area contributed by atoms with Gasteiger partial charge in [0.25, 0.3) is 0 Å². The second kappa shape index (κ2) is 6.47. The lowest BCUT2D eigenvalue weighted by molar-refractivity contribution is 0.278. The predicted octanol–water partition coefficient (Wildman–Crippen LogP) is 3.34. The van der Waals surface area contributed by atoms with Gasteiger partial charge >= 0.3 is 0 Å². The number of hydrogen-bond acceptors (Lipinski definition) is 1. The molecule has 0 radical (unpaired) electrons. The van der Waals surface area contributed by atoms with Crippen LogP contribution in [0.15, 0.2) is 0 Å². The Balaban J connectivity index is 3.95. The Bertz CT molecular complexity index is 95.2. The molecule has 0 aliphatic carbocycles. The maximum Gasteiger partial charge on any atom is 0.0176 e. The molecule has 0 atom stereocenters. The molecule has 74 valence electrons. The molecule has 0 aromatic rings. The summed E-state index contributed by atoms with van der Waals surface area (Å²) in [6, 6.07) is 0. The van der Waals surface area contributed by atoms with Crippen molar-refractivity contribution in [2.45, 2.75) is 65.3 Å². The van der Waals surface area contributed by atoms with E-state index in [-0.39, 0.29) is 0 Å². The fourth-order valence-corrected chi connectivity index (χ4v) is 1.83. The van der Waals surface area contributed by atoms with E-state index < -0.39 is 0 Å². The molecule has 0 spiro atoms. The number of unbranched alkanes of at least 4 members (excludes halogenated alkanes) is 1. The van der Waals surface area contributed by atoms with Gasteiger partial charge < -0.3 is 5.32 Å². The molecule has 0 unspecified atom stereocenters. The van der Waals surface area contributed by atoms with Crippen LogP contribution in [0.25, 0.3) is 0 Å². The fraction of sp³-hybridized carbons (Fsp3) is 1.00. The van der Waals surface area contributed by atoms with E-state index in [4.69, 9.17) is 0 Å². The fourth-order valence-electron chi connectivity index (χ4n) is 1.83. The lowest BCUT2D eigenvalue weighted by Crippen LogP contribution is -2.43. The van der Waals surface area contributed by atoms with Crippen LogP contribution in [0.3, 0.4) is 0 Å². The van der Waals surface area contributed by atoms with Crippen LogP contribution < -0.4 is 5.32 Å². The first-order valence-electron chi connectivity index (χ1n) is 5.49. The summed E-state index contributed by atoms with van der Waals surface area (Å²) in [5.74, 6) is 0. The highest BCUT2D eigenvalue weighted by Crippen LogP contribution is 2.21. The summed E-state index contributed by atoms with van der Waals surface area (Å²) in [7, 11) is 0. The molecule has 0 rings (SSSR count). The maximum atomic E-state index is 3.63. The minimum Gasteiger partial charge on any atom is -0.312 e. The highest BCUT2D eigenvalue weighted by Gasteiger charge is 2.23. The second-order valence-electron chi connectivity index (χ2n) is 3.62. The van der Waals surface area contributed by atoms with Crippen LogP contribution >= 0.6 is 0 Å². The largest absolute Gasteiger partial charge is 0.312 e. The molecule has 1 heteroatoms. The molecule has 0 fully saturated rings. The number of nitrogens with one attached hydrogen (secondary N) is 1. The van der Waals surface area contributed by atoms with E-state index in [1.165, 1.54) is 32.1 Å². The summed E-state index contributed by atoms with van der Waals surface area (Å²) >= 11 is 0. The van der Waals surface area contributed by atoms with E-state index in [1.54, 1.807) is 0 Å². The van der Waals surface area contributed by atoms with Gasteiger partial charge in [0.2, 0.25) is 0 Å². The van der Waals surface area contributed by atoms with Gasteiger partial charge in [0, 0.05) is 5.54 Å². The lowest BCUT2D eigenvalue weighted by Gasteiger charge is -2.32. The predicted molar refractivity (Wildman–Crippen MR) is 56.5 cm³/mol. The zero-order chi connectivity index (χ0) is 9.45. The monoisotopic (exact) mass is 171 g/mol. The third-order valence-corrected chi connectivity index (χ3v) is 2.91. The second-order valence-corrected chi connectivity index (χ2v) is 3.62. The highest BCUT2D eigenvalue weighted by molar-refractivity contribution is 4.84. The van der Waals surface area contributed by atoms with Crippen molar-refractivity contribution >= 4 is 0 Å². The van der Waals surface area contributed by atoms with E-state index in [1.807, 2.05) is 0 Å². The van der Waals surface area contributed by atoms with Gasteiger partial charge in [0.15, 0.2) is 0 Å². The molecule has 0 amide bonds. The van der Waals surface area contributed by atoms with E-state index in [0.717, 1.165) is 6.54 Å². The first-order chi connectivity index (χ1) is 5.74. The molecule has 0 saturated carbocycles. The highest BCUT2D eigenvalue weighted by atomic mass is 15.0. The average molecular weight is 171 g/mol. The summed E-state index contributed by atoms with van der Waals surface area (Å²) < 4.78 is 0. The molecule has 0 aliphatic rings. The third kappa shape index (κ3) is 3.57. The molecular weight excluding hydrogens is 146 g/mol. The minimum absolute atomic E-state index is 0.435. The zero-order valence-corrected chi connectivity index (χ0v) is 9.24. The number of hydrogen-bond donors (Lipinski definition) is 1. The molecule has 1 nitrogen and oxygen atoms in total. The molecule has 0 aromatic carbocycles. The van der Waals surface area contributed by atoms with E-state index >= 15 is 0 Å². The Morgan fingerprint density at radius 3 is 1.92 bits per heavy atom. The third-order valence-electron chi connectivity index (χ3n) is 2.91. The molecule has 0 aromatic heterocycles. The van der Waals surface area contributed by atoms with Crippen LogP contribution in [0.1, 0.15) is 59.8 Å². The van der Waals surface area contributed by atoms with Gasteiger partial charge in [-0.15, -0.1) is 0 Å². The molecule has 0 bridgehead atoms. The van der Waals surface area contributed by atoms with Crippen LogP contribution in [0.4, 0.5) is 0 Å². The van der Waals surface area contributed by atoms with Gasteiger partial charge in [-0.05, 0) is 25.8 Å². The standard InChI is InChI=1S/C11H25N/c1-5-9-10-11(6-2,7-3)12-8-4/h12H,5-10H2,1-4H3. The summed E-state index contributed by atoms with van der Waals surface area (Å²) in [6.07, 6.45) is 6.53. The van der Waals surface area contributed by atoms with Crippen LogP contribution in [0, 0.1) is 0 Å². The van der Waals surface area contributed by atoms with Crippen LogP contribution in [-0.4, -0.2) is 12.1 Å². The Labute approximate surface area is 77.9 Å². The summed E-state index contributed by atoms with van der Waals surface area (Å²) in [5.41, 5.74) is 0.435.